The van der Waals surface area contributed by atoms with Crippen molar-refractivity contribution in [3.8, 4) is 11.4 Å². The predicted octanol–water partition coefficient (Wildman–Crippen LogP) is 3.95. The Kier molecular flexibility index (Phi) is 3.56. The lowest BCUT2D eigenvalue weighted by Gasteiger charge is -2.04. The van der Waals surface area contributed by atoms with Gasteiger partial charge in [-0.25, -0.2) is 9.97 Å². The Morgan fingerprint density at radius 3 is 2.81 bits per heavy atom. The van der Waals surface area contributed by atoms with Crippen molar-refractivity contribution in [2.75, 3.05) is 0 Å². The lowest BCUT2D eigenvalue weighted by Crippen LogP contribution is -1.93. The summed E-state index contributed by atoms with van der Waals surface area (Å²) in [6.07, 6.45) is 1.73. The van der Waals surface area contributed by atoms with Crippen LogP contribution in [-0.2, 0) is 5.88 Å². The average molecular weight is 298 g/mol. The molecule has 0 aliphatic carbocycles. The van der Waals surface area contributed by atoms with Crippen LogP contribution in [0.15, 0.2) is 34.9 Å². The number of benzene rings is 1. The van der Waals surface area contributed by atoms with E-state index in [2.05, 4.69) is 25.9 Å². The molecule has 1 heterocycles. The molecule has 16 heavy (non-hydrogen) atoms. The number of halogens is 2. The van der Waals surface area contributed by atoms with Gasteiger partial charge in [0, 0.05) is 16.2 Å². The summed E-state index contributed by atoms with van der Waals surface area (Å²) in [6, 6.07) is 7.88. The highest BCUT2D eigenvalue weighted by atomic mass is 79.9. The molecule has 82 valence electrons. The van der Waals surface area contributed by atoms with Gasteiger partial charge in [0.15, 0.2) is 5.82 Å². The molecule has 0 atom stereocenters. The van der Waals surface area contributed by atoms with Gasteiger partial charge in [-0.1, -0.05) is 28.1 Å². The molecule has 0 saturated carbocycles. The van der Waals surface area contributed by atoms with Crippen molar-refractivity contribution in [1.29, 1.82) is 0 Å². The smallest absolute Gasteiger partial charge is 0.159 e. The van der Waals surface area contributed by atoms with E-state index in [-0.39, 0.29) is 0 Å². The number of hydrogen-bond acceptors (Lipinski definition) is 2. The van der Waals surface area contributed by atoms with Crippen LogP contribution in [0.2, 0.25) is 0 Å². The topological polar surface area (TPSA) is 25.8 Å². The van der Waals surface area contributed by atoms with Gasteiger partial charge >= 0.3 is 0 Å². The SMILES string of the molecule is Cc1ccc(-c2nccc(CCl)n2)cc1Br. The molecule has 2 nitrogen and oxygen atoms in total. The summed E-state index contributed by atoms with van der Waals surface area (Å²) in [5, 5.41) is 0. The Morgan fingerprint density at radius 2 is 2.12 bits per heavy atom. The zero-order chi connectivity index (χ0) is 11.5. The van der Waals surface area contributed by atoms with Gasteiger partial charge < -0.3 is 0 Å². The van der Waals surface area contributed by atoms with Gasteiger partial charge in [0.25, 0.3) is 0 Å². The van der Waals surface area contributed by atoms with Crippen LogP contribution in [0.5, 0.6) is 0 Å². The van der Waals surface area contributed by atoms with Crippen molar-refractivity contribution in [3.63, 3.8) is 0 Å². The highest BCUT2D eigenvalue weighted by Crippen LogP contribution is 2.23. The molecule has 0 N–H and O–H groups in total. The highest BCUT2D eigenvalue weighted by Gasteiger charge is 2.04. The van der Waals surface area contributed by atoms with Crippen LogP contribution in [0.1, 0.15) is 11.3 Å². The minimum Gasteiger partial charge on any atom is -0.237 e. The maximum Gasteiger partial charge on any atom is 0.159 e. The van der Waals surface area contributed by atoms with Crippen molar-refractivity contribution in [1.82, 2.24) is 9.97 Å². The summed E-state index contributed by atoms with van der Waals surface area (Å²) < 4.78 is 1.06. The Balaban J connectivity index is 2.46. The first-order chi connectivity index (χ1) is 7.70. The van der Waals surface area contributed by atoms with Gasteiger partial charge in [0.05, 0.1) is 11.6 Å². The molecule has 0 saturated heterocycles. The minimum absolute atomic E-state index is 0.405. The van der Waals surface area contributed by atoms with Crippen LogP contribution in [0.4, 0.5) is 0 Å². The zero-order valence-electron chi connectivity index (χ0n) is 8.74. The van der Waals surface area contributed by atoms with Crippen molar-refractivity contribution >= 4 is 27.5 Å². The molecule has 0 aliphatic heterocycles. The molecule has 4 heteroatoms. The van der Waals surface area contributed by atoms with Gasteiger partial charge in [-0.3, -0.25) is 0 Å². The first kappa shape index (κ1) is 11.6. The normalized spacial score (nSPS) is 10.4. The summed E-state index contributed by atoms with van der Waals surface area (Å²) in [5.74, 6) is 1.11. The molecule has 0 spiro atoms. The minimum atomic E-state index is 0.405. The number of alkyl halides is 1. The molecule has 0 fully saturated rings. The van der Waals surface area contributed by atoms with Gasteiger partial charge in [0.2, 0.25) is 0 Å². The highest BCUT2D eigenvalue weighted by molar-refractivity contribution is 9.10. The van der Waals surface area contributed by atoms with Crippen LogP contribution in [-0.4, -0.2) is 9.97 Å². The first-order valence-corrected chi connectivity index (χ1v) is 6.18. The second-order valence-corrected chi connectivity index (χ2v) is 4.59. The van der Waals surface area contributed by atoms with Gasteiger partial charge in [-0.05, 0) is 24.6 Å². The first-order valence-electron chi connectivity index (χ1n) is 4.85. The quantitative estimate of drug-likeness (QED) is 0.784. The standard InChI is InChI=1S/C12H10BrClN2/c1-8-2-3-9(6-11(8)13)12-15-5-4-10(7-14)16-12/h2-6H,7H2,1H3. The molecule has 2 rings (SSSR count). The molecule has 0 radical (unpaired) electrons. The zero-order valence-corrected chi connectivity index (χ0v) is 11.1. The maximum atomic E-state index is 5.74. The lowest BCUT2D eigenvalue weighted by atomic mass is 10.1. The van der Waals surface area contributed by atoms with E-state index in [0.717, 1.165) is 15.7 Å². The molecule has 0 unspecified atom stereocenters. The molecule has 0 bridgehead atoms. The second-order valence-electron chi connectivity index (χ2n) is 3.47. The molecule has 1 aromatic heterocycles. The molecule has 1 aromatic carbocycles. The number of hydrogen-bond donors (Lipinski definition) is 0. The van der Waals surface area contributed by atoms with Crippen molar-refractivity contribution < 1.29 is 0 Å². The van der Waals surface area contributed by atoms with E-state index in [0.29, 0.717) is 11.7 Å². The molecular formula is C12H10BrClN2. The molecule has 0 aliphatic rings. The van der Waals surface area contributed by atoms with E-state index in [9.17, 15) is 0 Å². The third-order valence-corrected chi connectivity index (χ3v) is 3.41. The van der Waals surface area contributed by atoms with Crippen molar-refractivity contribution in [2.24, 2.45) is 0 Å². The molecular weight excluding hydrogens is 288 g/mol. The molecule has 0 amide bonds. The van der Waals surface area contributed by atoms with Crippen LogP contribution in [0.25, 0.3) is 11.4 Å². The average Bonchev–Trinajstić information content (AvgIpc) is 2.33. The second kappa shape index (κ2) is 4.93. The third-order valence-electron chi connectivity index (χ3n) is 2.28. The van der Waals surface area contributed by atoms with Crippen LogP contribution >= 0.6 is 27.5 Å². The number of aromatic nitrogens is 2. The summed E-state index contributed by atoms with van der Waals surface area (Å²) in [6.45, 7) is 2.05. The Hall–Kier alpha value is -0.930. The Bertz CT molecular complexity index is 514. The molecule has 2 aromatic rings. The predicted molar refractivity (Wildman–Crippen MR) is 69.5 cm³/mol. The van der Waals surface area contributed by atoms with Crippen molar-refractivity contribution in [2.45, 2.75) is 12.8 Å². The van der Waals surface area contributed by atoms with Crippen LogP contribution in [0.3, 0.4) is 0 Å². The number of aryl methyl sites for hydroxylation is 1. The lowest BCUT2D eigenvalue weighted by molar-refractivity contribution is 1.09. The number of nitrogens with zero attached hydrogens (tertiary/aromatic N) is 2. The van der Waals surface area contributed by atoms with E-state index < -0.39 is 0 Å². The fraction of sp³-hybridized carbons (Fsp3) is 0.167. The summed E-state index contributed by atoms with van der Waals surface area (Å²) in [7, 11) is 0. The summed E-state index contributed by atoms with van der Waals surface area (Å²) in [4.78, 5) is 8.61. The monoisotopic (exact) mass is 296 g/mol. The summed E-state index contributed by atoms with van der Waals surface area (Å²) in [5.41, 5.74) is 3.02. The maximum absolute atomic E-state index is 5.74. The van der Waals surface area contributed by atoms with E-state index in [4.69, 9.17) is 11.6 Å². The van der Waals surface area contributed by atoms with E-state index in [1.54, 1.807) is 6.20 Å². The largest absolute Gasteiger partial charge is 0.237 e. The van der Waals surface area contributed by atoms with Gasteiger partial charge in [-0.2, -0.15) is 0 Å². The fourth-order valence-electron chi connectivity index (χ4n) is 1.34. The van der Waals surface area contributed by atoms with Gasteiger partial charge in [0.1, 0.15) is 0 Å². The van der Waals surface area contributed by atoms with E-state index in [1.165, 1.54) is 5.56 Å². The summed E-state index contributed by atoms with van der Waals surface area (Å²) >= 11 is 9.24. The van der Waals surface area contributed by atoms with Gasteiger partial charge in [-0.15, -0.1) is 11.6 Å². The van der Waals surface area contributed by atoms with Crippen LogP contribution in [0, 0.1) is 6.92 Å². The van der Waals surface area contributed by atoms with E-state index in [1.807, 2.05) is 31.2 Å². The fourth-order valence-corrected chi connectivity index (χ4v) is 1.87. The third kappa shape index (κ3) is 2.42. The van der Waals surface area contributed by atoms with Crippen LogP contribution < -0.4 is 0 Å². The van der Waals surface area contributed by atoms with Crippen molar-refractivity contribution in [3.05, 3.63) is 46.2 Å². The Morgan fingerprint density at radius 1 is 1.31 bits per heavy atom. The van der Waals surface area contributed by atoms with E-state index >= 15 is 0 Å². The number of rotatable bonds is 2. The Labute approximate surface area is 108 Å².